The third-order valence-corrected chi connectivity index (χ3v) is 5.27. The van der Waals surface area contributed by atoms with Crippen LogP contribution in [0.2, 0.25) is 5.02 Å². The van der Waals surface area contributed by atoms with Crippen molar-refractivity contribution in [1.29, 1.82) is 0 Å². The molecule has 0 saturated carbocycles. The summed E-state index contributed by atoms with van der Waals surface area (Å²) in [4.78, 5) is 19.7. The first-order chi connectivity index (χ1) is 13.4. The van der Waals surface area contributed by atoms with Crippen LogP contribution in [0.3, 0.4) is 0 Å². The third kappa shape index (κ3) is 4.68. The van der Waals surface area contributed by atoms with E-state index in [4.69, 9.17) is 22.0 Å². The number of hydroxylamine groups is 2. The molecule has 9 nitrogen and oxygen atoms in total. The number of benzene rings is 1. The Bertz CT molecular complexity index is 957. The minimum Gasteiger partial charge on any atom is -0.492 e. The second-order valence-corrected chi connectivity index (χ2v) is 7.38. The first-order valence-electron chi connectivity index (χ1n) is 8.08. The standard InChI is InChI=1S/C17H17ClN4O5S/c18-10-3-1-9(2-4-10)11-5-6-12(19-11)15(24)20-13(7-22(26)27)17-21-16(25)14(8-23)28-17/h1-6,13,19,23,25-27H,7-8H2,(H,20,24). The van der Waals surface area contributed by atoms with E-state index in [1.54, 1.807) is 24.3 Å². The Labute approximate surface area is 168 Å². The number of aromatic nitrogens is 2. The molecule has 2 aromatic heterocycles. The van der Waals surface area contributed by atoms with Crippen LogP contribution in [-0.2, 0) is 6.61 Å². The fraction of sp³-hybridized carbons (Fsp3) is 0.176. The predicted molar refractivity (Wildman–Crippen MR) is 101 cm³/mol. The van der Waals surface area contributed by atoms with Crippen molar-refractivity contribution in [3.8, 4) is 17.1 Å². The van der Waals surface area contributed by atoms with E-state index >= 15 is 0 Å². The van der Waals surface area contributed by atoms with Crippen LogP contribution in [0.1, 0.15) is 26.4 Å². The molecule has 0 aliphatic heterocycles. The minimum absolute atomic E-state index is 0.0874. The number of hydrogen-bond acceptors (Lipinski definition) is 8. The number of H-pyrrole nitrogens is 1. The molecule has 1 unspecified atom stereocenters. The van der Waals surface area contributed by atoms with Gasteiger partial charge >= 0.3 is 0 Å². The molecular weight excluding hydrogens is 408 g/mol. The summed E-state index contributed by atoms with van der Waals surface area (Å²) in [6.07, 6.45) is 0. The van der Waals surface area contributed by atoms with Crippen molar-refractivity contribution in [2.45, 2.75) is 12.6 Å². The molecule has 0 fully saturated rings. The maximum absolute atomic E-state index is 12.6. The van der Waals surface area contributed by atoms with E-state index in [0.29, 0.717) is 10.7 Å². The number of carbonyl (C=O) groups excluding carboxylic acids is 1. The Morgan fingerprint density at radius 1 is 1.25 bits per heavy atom. The van der Waals surface area contributed by atoms with Gasteiger partial charge in [0.2, 0.25) is 5.88 Å². The largest absolute Gasteiger partial charge is 0.492 e. The van der Waals surface area contributed by atoms with E-state index in [1.165, 1.54) is 0 Å². The lowest BCUT2D eigenvalue weighted by molar-refractivity contribution is -0.309. The molecule has 0 bridgehead atoms. The van der Waals surface area contributed by atoms with Gasteiger partial charge in [-0.1, -0.05) is 29.0 Å². The number of carbonyl (C=O) groups is 1. The highest BCUT2D eigenvalue weighted by Crippen LogP contribution is 2.29. The van der Waals surface area contributed by atoms with Crippen LogP contribution in [0.4, 0.5) is 0 Å². The molecule has 2 heterocycles. The van der Waals surface area contributed by atoms with Crippen molar-refractivity contribution in [3.63, 3.8) is 0 Å². The quantitative estimate of drug-likeness (QED) is 0.320. The third-order valence-electron chi connectivity index (χ3n) is 3.87. The van der Waals surface area contributed by atoms with Crippen molar-refractivity contribution >= 4 is 28.8 Å². The summed E-state index contributed by atoms with van der Waals surface area (Å²) >= 11 is 6.83. The molecule has 0 aliphatic rings. The van der Waals surface area contributed by atoms with Gasteiger partial charge in [-0.3, -0.25) is 15.2 Å². The van der Waals surface area contributed by atoms with Crippen molar-refractivity contribution in [2.75, 3.05) is 6.54 Å². The number of nitrogens with one attached hydrogen (secondary N) is 2. The zero-order valence-electron chi connectivity index (χ0n) is 14.3. The number of aromatic hydroxyl groups is 1. The Morgan fingerprint density at radius 2 is 1.96 bits per heavy atom. The first kappa shape index (κ1) is 20.3. The molecule has 148 valence electrons. The van der Waals surface area contributed by atoms with E-state index in [9.17, 15) is 15.0 Å². The number of rotatable bonds is 7. The monoisotopic (exact) mass is 424 g/mol. The summed E-state index contributed by atoms with van der Waals surface area (Å²) in [5.74, 6) is -0.874. The number of halogens is 1. The Kier molecular flexibility index (Phi) is 6.29. The second kappa shape index (κ2) is 8.69. The normalized spacial score (nSPS) is 12.3. The van der Waals surface area contributed by atoms with Crippen molar-refractivity contribution in [2.24, 2.45) is 0 Å². The first-order valence-corrected chi connectivity index (χ1v) is 9.27. The van der Waals surface area contributed by atoms with E-state index < -0.39 is 25.1 Å². The summed E-state index contributed by atoms with van der Waals surface area (Å²) in [7, 11) is 0. The molecule has 28 heavy (non-hydrogen) atoms. The maximum atomic E-state index is 12.6. The highest BCUT2D eigenvalue weighted by Gasteiger charge is 2.24. The van der Waals surface area contributed by atoms with Gasteiger partial charge in [0.25, 0.3) is 5.91 Å². The highest BCUT2D eigenvalue weighted by atomic mass is 35.5. The average molecular weight is 425 g/mol. The van der Waals surface area contributed by atoms with Crippen LogP contribution in [-0.4, -0.2) is 48.3 Å². The van der Waals surface area contributed by atoms with Crippen LogP contribution < -0.4 is 5.32 Å². The SMILES string of the molecule is O=C(NC(CN(O)O)c1nc(O)c(CO)s1)c1ccc(-c2ccc(Cl)cc2)[nH]1. The summed E-state index contributed by atoms with van der Waals surface area (Å²) in [6, 6.07) is 9.48. The number of aliphatic hydroxyl groups excluding tert-OH is 1. The van der Waals surface area contributed by atoms with E-state index in [2.05, 4.69) is 15.3 Å². The van der Waals surface area contributed by atoms with Crippen molar-refractivity contribution in [3.05, 3.63) is 57.0 Å². The van der Waals surface area contributed by atoms with Gasteiger partial charge in [0.15, 0.2) is 0 Å². The average Bonchev–Trinajstić information content (AvgIpc) is 3.28. The van der Waals surface area contributed by atoms with E-state index in [1.807, 2.05) is 12.1 Å². The fourth-order valence-corrected chi connectivity index (χ4v) is 3.51. The summed E-state index contributed by atoms with van der Waals surface area (Å²) < 4.78 is 0. The van der Waals surface area contributed by atoms with Gasteiger partial charge in [-0.15, -0.1) is 11.3 Å². The van der Waals surface area contributed by atoms with Gasteiger partial charge in [0.1, 0.15) is 10.7 Å². The fourth-order valence-electron chi connectivity index (χ4n) is 2.52. The number of nitrogens with zero attached hydrogens (tertiary/aromatic N) is 2. The Hall–Kier alpha value is -2.47. The Balaban J connectivity index is 1.79. The van der Waals surface area contributed by atoms with Crippen LogP contribution in [0.25, 0.3) is 11.3 Å². The zero-order valence-corrected chi connectivity index (χ0v) is 15.9. The number of aromatic amines is 1. The van der Waals surface area contributed by atoms with Crippen LogP contribution in [0.5, 0.6) is 5.88 Å². The molecule has 3 aromatic rings. The number of thiazole rings is 1. The molecule has 0 spiro atoms. The highest BCUT2D eigenvalue weighted by molar-refractivity contribution is 7.12. The molecule has 6 N–H and O–H groups in total. The Morgan fingerprint density at radius 3 is 2.57 bits per heavy atom. The maximum Gasteiger partial charge on any atom is 0.268 e. The lowest BCUT2D eigenvalue weighted by Gasteiger charge is -2.17. The molecule has 1 amide bonds. The molecule has 3 rings (SSSR count). The topological polar surface area (TPSA) is 142 Å². The molecule has 1 atom stereocenters. The van der Waals surface area contributed by atoms with Gasteiger partial charge in [-0.25, -0.2) is 4.98 Å². The van der Waals surface area contributed by atoms with Gasteiger partial charge in [0, 0.05) is 10.7 Å². The number of hydrogen-bond donors (Lipinski definition) is 6. The summed E-state index contributed by atoms with van der Waals surface area (Å²) in [5, 5.41) is 40.5. The lowest BCUT2D eigenvalue weighted by atomic mass is 10.2. The van der Waals surface area contributed by atoms with Gasteiger partial charge in [0.05, 0.1) is 24.1 Å². The van der Waals surface area contributed by atoms with E-state index in [0.717, 1.165) is 16.9 Å². The summed E-state index contributed by atoms with van der Waals surface area (Å²) in [6.45, 7) is -0.818. The molecular formula is C17H17ClN4O5S. The zero-order chi connectivity index (χ0) is 20.3. The lowest BCUT2D eigenvalue weighted by Crippen LogP contribution is -2.35. The molecule has 1 aromatic carbocycles. The van der Waals surface area contributed by atoms with Crippen LogP contribution in [0, 0.1) is 0 Å². The molecule has 0 radical (unpaired) electrons. The second-order valence-electron chi connectivity index (χ2n) is 5.83. The van der Waals surface area contributed by atoms with Crippen LogP contribution in [0.15, 0.2) is 36.4 Å². The smallest absolute Gasteiger partial charge is 0.268 e. The van der Waals surface area contributed by atoms with Gasteiger partial charge < -0.3 is 20.5 Å². The predicted octanol–water partition coefficient (Wildman–Crippen LogP) is 2.54. The molecule has 0 aliphatic carbocycles. The minimum atomic E-state index is -0.930. The van der Waals surface area contributed by atoms with Gasteiger partial charge in [-0.05, 0) is 29.8 Å². The van der Waals surface area contributed by atoms with E-state index in [-0.39, 0.29) is 26.7 Å². The van der Waals surface area contributed by atoms with Gasteiger partial charge in [-0.2, -0.15) is 0 Å². The van der Waals surface area contributed by atoms with Crippen molar-refractivity contribution < 1.29 is 25.4 Å². The van der Waals surface area contributed by atoms with Crippen molar-refractivity contribution in [1.82, 2.24) is 20.5 Å². The number of amides is 1. The molecule has 11 heteroatoms. The van der Waals surface area contributed by atoms with Crippen LogP contribution >= 0.6 is 22.9 Å². The summed E-state index contributed by atoms with van der Waals surface area (Å²) in [5.41, 5.74) is 1.80. The number of aliphatic hydroxyl groups is 1. The molecule has 0 saturated heterocycles.